The number of anilines is 1. The van der Waals surface area contributed by atoms with Crippen molar-refractivity contribution in [3.05, 3.63) is 64.9 Å². The van der Waals surface area contributed by atoms with Gasteiger partial charge in [-0.3, -0.25) is 23.2 Å². The lowest BCUT2D eigenvalue weighted by Crippen LogP contribution is -2.26. The Hall–Kier alpha value is -3.51. The second-order valence-electron chi connectivity index (χ2n) is 11.0. The predicted molar refractivity (Wildman–Crippen MR) is 189 cm³/mol. The van der Waals surface area contributed by atoms with Gasteiger partial charge in [-0.2, -0.15) is 33.7 Å². The molecule has 1 rings (SSSR count). The Morgan fingerprint density at radius 2 is 1.33 bits per heavy atom. The number of aromatic carboxylic acids is 1. The molecule has 0 atom stereocenters. The van der Waals surface area contributed by atoms with Crippen LogP contribution in [0.1, 0.15) is 65.3 Å². The number of carboxylic acid groups (broad SMARTS) is 1. The first-order valence-corrected chi connectivity index (χ1v) is 21.5. The van der Waals surface area contributed by atoms with Crippen LogP contribution in [0.15, 0.2) is 53.2 Å². The summed E-state index contributed by atoms with van der Waals surface area (Å²) in [6.45, 7) is 2.60. The molecule has 0 saturated heterocycles. The molecule has 288 valence electrons. The quantitative estimate of drug-likeness (QED) is 0.0349. The number of benzene rings is 1. The van der Waals surface area contributed by atoms with E-state index in [1.807, 2.05) is 0 Å². The Kier molecular flexibility index (Phi) is 18.3. The van der Waals surface area contributed by atoms with Crippen molar-refractivity contribution in [2.45, 2.75) is 46.0 Å². The zero-order valence-electron chi connectivity index (χ0n) is 27.8. The number of carbonyl (C=O) groups excluding carboxylic acids is 1. The summed E-state index contributed by atoms with van der Waals surface area (Å²) < 4.78 is 130. The molecule has 0 aliphatic carbocycles. The van der Waals surface area contributed by atoms with Crippen molar-refractivity contribution in [3.63, 3.8) is 0 Å². The van der Waals surface area contributed by atoms with E-state index < -0.39 is 82.0 Å². The molecular weight excluding hydrogens is 761 g/mol. The highest BCUT2D eigenvalue weighted by Crippen LogP contribution is 2.29. The molecule has 0 radical (unpaired) electrons. The number of allylic oxidation sites excluding steroid dienone is 6. The number of carbonyl (C=O) groups is 2. The van der Waals surface area contributed by atoms with Gasteiger partial charge >= 0.3 is 11.9 Å². The van der Waals surface area contributed by atoms with Crippen molar-refractivity contribution in [3.8, 4) is 0 Å². The Morgan fingerprint density at radius 1 is 0.784 bits per heavy atom. The van der Waals surface area contributed by atoms with Crippen molar-refractivity contribution in [1.29, 1.82) is 0 Å². The van der Waals surface area contributed by atoms with Gasteiger partial charge in [-0.05, 0) is 75.8 Å². The summed E-state index contributed by atoms with van der Waals surface area (Å²) in [7, 11) is -17.1. The lowest BCUT2D eigenvalue weighted by molar-refractivity contribution is 0.0504. The van der Waals surface area contributed by atoms with Gasteiger partial charge in [-0.25, -0.2) is 9.59 Å². The van der Waals surface area contributed by atoms with Crippen molar-refractivity contribution in [1.82, 2.24) is 0 Å². The Balaban J connectivity index is 3.43. The van der Waals surface area contributed by atoms with Crippen molar-refractivity contribution < 1.29 is 71.3 Å². The fraction of sp³-hybridized carbons (Fsp3) is 0.483. The molecule has 0 amide bonds. The number of aliphatic imine (C=N–C) groups is 1. The van der Waals surface area contributed by atoms with Crippen molar-refractivity contribution in [2.24, 2.45) is 4.99 Å². The van der Waals surface area contributed by atoms with Crippen LogP contribution in [-0.2, 0) is 45.2 Å². The normalized spacial score (nSPS) is 13.6. The fourth-order valence-electron chi connectivity index (χ4n) is 4.33. The standard InChI is InChI=1S/C29H42N2O16S4/c1-22(10-4-3-5-11-25(12-6-16-48(35,36)37)30-13-7-17-49(38,39)40)31(14-8-18-50(41,42)43)27-21-24(28(32)33)20-26(23(27)2)29(34)47-15-9-19-51(44,45)46/h3-5,10-11,20-21H,6-9,12-19H2,1-2H3,(H,32,33)(H,35,36,37)(H,38,39,40)(H,41,42,43)(H,44,45,46)/b4-3+,11-5+,22-10+,30-25+. The zero-order valence-corrected chi connectivity index (χ0v) is 31.0. The minimum atomic E-state index is -4.37. The van der Waals surface area contributed by atoms with E-state index in [1.54, 1.807) is 13.0 Å². The topological polar surface area (TPSA) is 297 Å². The van der Waals surface area contributed by atoms with Crippen LogP contribution in [0.3, 0.4) is 0 Å². The lowest BCUT2D eigenvalue weighted by Gasteiger charge is -2.28. The lowest BCUT2D eigenvalue weighted by atomic mass is 10.0. The third-order valence-corrected chi connectivity index (χ3v) is 9.90. The maximum Gasteiger partial charge on any atom is 0.338 e. The van der Waals surface area contributed by atoms with Gasteiger partial charge in [0.05, 0.1) is 40.7 Å². The van der Waals surface area contributed by atoms with Crippen LogP contribution in [0.5, 0.6) is 0 Å². The van der Waals surface area contributed by atoms with Crippen molar-refractivity contribution in [2.75, 3.05) is 47.6 Å². The van der Waals surface area contributed by atoms with Gasteiger partial charge in [0.15, 0.2) is 0 Å². The number of hydrogen-bond donors (Lipinski definition) is 5. The molecule has 0 aliphatic rings. The monoisotopic (exact) mass is 802 g/mol. The molecule has 51 heavy (non-hydrogen) atoms. The number of hydrogen-bond acceptors (Lipinski definition) is 13. The second-order valence-corrected chi connectivity index (χ2v) is 17.3. The first kappa shape index (κ1) is 45.5. The predicted octanol–water partition coefficient (Wildman–Crippen LogP) is 2.62. The van der Waals surface area contributed by atoms with Crippen molar-refractivity contribution >= 4 is 63.8 Å². The summed E-state index contributed by atoms with van der Waals surface area (Å²) in [5.74, 6) is -4.77. The van der Waals surface area contributed by atoms with Crippen LogP contribution in [0.25, 0.3) is 0 Å². The maximum absolute atomic E-state index is 12.9. The van der Waals surface area contributed by atoms with Crippen LogP contribution in [-0.4, -0.2) is 117 Å². The molecule has 0 fully saturated rings. The first-order valence-electron chi connectivity index (χ1n) is 15.1. The molecule has 0 spiro atoms. The summed E-state index contributed by atoms with van der Waals surface area (Å²) in [6.07, 6.45) is 7.42. The molecule has 0 bridgehead atoms. The average Bonchev–Trinajstić information content (AvgIpc) is 2.97. The summed E-state index contributed by atoms with van der Waals surface area (Å²) >= 11 is 0. The molecule has 1 aromatic carbocycles. The van der Waals surface area contributed by atoms with Gasteiger partial charge < -0.3 is 14.7 Å². The molecule has 0 aliphatic heterocycles. The maximum atomic E-state index is 12.9. The summed E-state index contributed by atoms with van der Waals surface area (Å²) in [5.41, 5.74) is 0.670. The van der Waals surface area contributed by atoms with E-state index in [-0.39, 0.29) is 67.6 Å². The van der Waals surface area contributed by atoms with Crippen LogP contribution >= 0.6 is 0 Å². The minimum Gasteiger partial charge on any atom is -0.478 e. The first-order chi connectivity index (χ1) is 23.4. The fourth-order valence-corrected chi connectivity index (χ4v) is 6.31. The molecule has 5 N–H and O–H groups in total. The average molecular weight is 803 g/mol. The van der Waals surface area contributed by atoms with Crippen LogP contribution in [0.4, 0.5) is 5.69 Å². The number of nitrogens with zero attached hydrogens (tertiary/aromatic N) is 2. The van der Waals surface area contributed by atoms with Gasteiger partial charge in [0.2, 0.25) is 0 Å². The molecule has 0 heterocycles. The molecule has 0 saturated carbocycles. The van der Waals surface area contributed by atoms with Crippen LogP contribution < -0.4 is 4.90 Å². The van der Waals surface area contributed by atoms with Gasteiger partial charge in [-0.1, -0.05) is 18.2 Å². The second kappa shape index (κ2) is 20.5. The molecule has 22 heteroatoms. The van der Waals surface area contributed by atoms with Crippen LogP contribution in [0, 0.1) is 6.92 Å². The Labute approximate surface area is 297 Å². The van der Waals surface area contributed by atoms with Gasteiger partial charge in [-0.15, -0.1) is 0 Å². The van der Waals surface area contributed by atoms with E-state index in [1.165, 1.54) is 42.2 Å². The van der Waals surface area contributed by atoms with E-state index in [4.69, 9.17) is 18.4 Å². The molecular formula is C29H42N2O16S4. The molecule has 18 nitrogen and oxygen atoms in total. The van der Waals surface area contributed by atoms with Gasteiger partial charge in [0.25, 0.3) is 40.5 Å². The Morgan fingerprint density at radius 3 is 1.90 bits per heavy atom. The van der Waals surface area contributed by atoms with Gasteiger partial charge in [0, 0.05) is 30.2 Å². The highest BCUT2D eigenvalue weighted by molar-refractivity contribution is 7.86. The SMILES string of the molecule is C\C(=C/C=C/C=C/C(CCCS(=O)(=O)O)=N\CCCS(=O)(=O)O)N(CCCS(=O)(=O)O)c1cc(C(=O)O)cc(C(=O)OCCCS(=O)(=O)O)c1C. The highest BCUT2D eigenvalue weighted by atomic mass is 32.2. The number of carboxylic acids is 1. The number of rotatable bonds is 23. The molecule has 0 aromatic heterocycles. The third kappa shape index (κ3) is 20.8. The van der Waals surface area contributed by atoms with E-state index in [0.29, 0.717) is 11.4 Å². The van der Waals surface area contributed by atoms with E-state index in [0.717, 1.165) is 6.07 Å². The molecule has 0 unspecified atom stereocenters. The van der Waals surface area contributed by atoms with E-state index in [2.05, 4.69) is 4.99 Å². The Bertz CT molecular complexity index is 1950. The summed E-state index contributed by atoms with van der Waals surface area (Å²) in [6, 6.07) is 2.31. The zero-order chi connectivity index (χ0) is 39.0. The number of esters is 1. The van der Waals surface area contributed by atoms with Gasteiger partial charge in [0.1, 0.15) is 0 Å². The van der Waals surface area contributed by atoms with Crippen LogP contribution in [0.2, 0.25) is 0 Å². The smallest absolute Gasteiger partial charge is 0.338 e. The largest absolute Gasteiger partial charge is 0.478 e. The van der Waals surface area contributed by atoms with E-state index >= 15 is 0 Å². The molecule has 1 aromatic rings. The minimum absolute atomic E-state index is 0.00143. The summed E-state index contributed by atoms with van der Waals surface area (Å²) in [5, 5.41) is 9.76. The highest BCUT2D eigenvalue weighted by Gasteiger charge is 2.22. The number of ether oxygens (including phenoxy) is 1. The van der Waals surface area contributed by atoms with E-state index in [9.17, 15) is 52.9 Å². The third-order valence-electron chi connectivity index (χ3n) is 6.69. The summed E-state index contributed by atoms with van der Waals surface area (Å²) in [4.78, 5) is 30.6.